The number of amides is 1. The number of aryl methyl sites for hydroxylation is 1. The Balaban J connectivity index is 1.62. The predicted molar refractivity (Wildman–Crippen MR) is 94.1 cm³/mol. The van der Waals surface area contributed by atoms with E-state index in [9.17, 15) is 4.79 Å². The molecule has 1 aromatic carbocycles. The summed E-state index contributed by atoms with van der Waals surface area (Å²) in [7, 11) is 0. The number of para-hydroxylation sites is 2. The minimum absolute atomic E-state index is 0.0797. The Kier molecular flexibility index (Phi) is 4.83. The smallest absolute Gasteiger partial charge is 0.410 e. The van der Waals surface area contributed by atoms with Crippen molar-refractivity contribution < 1.29 is 9.53 Å². The Labute approximate surface area is 142 Å². The molecule has 0 spiro atoms. The van der Waals surface area contributed by atoms with Crippen molar-refractivity contribution in [2.75, 3.05) is 18.4 Å². The van der Waals surface area contributed by atoms with Crippen LogP contribution in [0.5, 0.6) is 0 Å². The average molecular weight is 328 g/mol. The van der Waals surface area contributed by atoms with Crippen LogP contribution in [0.3, 0.4) is 0 Å². The first-order chi connectivity index (χ1) is 11.5. The molecule has 1 saturated heterocycles. The molecule has 1 N–H and O–H groups in total. The summed E-state index contributed by atoms with van der Waals surface area (Å²) in [6.07, 6.45) is 1.46. The number of benzene rings is 1. The van der Waals surface area contributed by atoms with Crippen LogP contribution in [0.4, 0.5) is 10.6 Å². The number of nitrogens with zero attached hydrogens (tertiary/aromatic N) is 3. The molecule has 6 nitrogen and oxygen atoms in total. The Morgan fingerprint density at radius 2 is 1.83 bits per heavy atom. The topological polar surface area (TPSA) is 67.4 Å². The highest BCUT2D eigenvalue weighted by Crippen LogP contribution is 2.20. The molecule has 24 heavy (non-hydrogen) atoms. The summed E-state index contributed by atoms with van der Waals surface area (Å²) < 4.78 is 5.25. The first-order valence-electron chi connectivity index (χ1n) is 8.48. The fourth-order valence-corrected chi connectivity index (χ4v) is 2.90. The lowest BCUT2D eigenvalue weighted by molar-refractivity contribution is 0.0701. The molecule has 6 heteroatoms. The van der Waals surface area contributed by atoms with Crippen molar-refractivity contribution in [2.45, 2.75) is 45.8 Å². The molecule has 1 aliphatic rings. The highest BCUT2D eigenvalue weighted by Gasteiger charge is 2.24. The Hall–Kier alpha value is -2.37. The number of fused-ring (bicyclic) bond motifs is 1. The largest absolute Gasteiger partial charge is 0.447 e. The van der Waals surface area contributed by atoms with Crippen molar-refractivity contribution in [2.24, 2.45) is 0 Å². The van der Waals surface area contributed by atoms with Crippen molar-refractivity contribution in [1.82, 2.24) is 14.9 Å². The normalized spacial score (nSPS) is 15.8. The van der Waals surface area contributed by atoms with Crippen molar-refractivity contribution >= 4 is 22.9 Å². The summed E-state index contributed by atoms with van der Waals surface area (Å²) in [6.45, 7) is 7.10. The van der Waals surface area contributed by atoms with Crippen molar-refractivity contribution in [3.8, 4) is 0 Å². The van der Waals surface area contributed by atoms with Gasteiger partial charge in [0.15, 0.2) is 0 Å². The zero-order valence-electron chi connectivity index (χ0n) is 14.5. The molecular formula is C18H24N4O2. The monoisotopic (exact) mass is 328 g/mol. The number of piperidine rings is 1. The minimum Gasteiger partial charge on any atom is -0.447 e. The Bertz CT molecular complexity index is 724. The molecule has 0 bridgehead atoms. The molecule has 3 rings (SSSR count). The fraction of sp³-hybridized carbons (Fsp3) is 0.500. The van der Waals surface area contributed by atoms with Crippen molar-refractivity contribution in [1.29, 1.82) is 0 Å². The molecule has 1 aromatic heterocycles. The number of hydrogen-bond donors (Lipinski definition) is 1. The van der Waals surface area contributed by atoms with Gasteiger partial charge in [-0.2, -0.15) is 0 Å². The molecule has 1 fully saturated rings. The zero-order valence-corrected chi connectivity index (χ0v) is 14.5. The van der Waals surface area contributed by atoms with Gasteiger partial charge in [-0.3, -0.25) is 0 Å². The fourth-order valence-electron chi connectivity index (χ4n) is 2.90. The van der Waals surface area contributed by atoms with Crippen LogP contribution in [0, 0.1) is 6.92 Å². The van der Waals surface area contributed by atoms with Crippen LogP contribution in [0.2, 0.25) is 0 Å². The molecule has 2 aromatic rings. The van der Waals surface area contributed by atoms with E-state index in [0.717, 1.165) is 35.4 Å². The van der Waals surface area contributed by atoms with Crippen molar-refractivity contribution in [3.63, 3.8) is 0 Å². The van der Waals surface area contributed by atoms with Gasteiger partial charge in [-0.15, -0.1) is 0 Å². The number of likely N-dealkylation sites (tertiary alicyclic amines) is 1. The molecule has 1 amide bonds. The van der Waals surface area contributed by atoms with Gasteiger partial charge in [-0.1, -0.05) is 12.1 Å². The maximum Gasteiger partial charge on any atom is 0.410 e. The number of rotatable bonds is 3. The van der Waals surface area contributed by atoms with Crippen LogP contribution in [-0.2, 0) is 4.74 Å². The zero-order chi connectivity index (χ0) is 17.1. The lowest BCUT2D eigenvalue weighted by Gasteiger charge is -2.32. The van der Waals surface area contributed by atoms with Gasteiger partial charge in [0.25, 0.3) is 0 Å². The number of carbonyl (C=O) groups excluding carboxylic acids is 1. The number of aromatic nitrogens is 2. The van der Waals surface area contributed by atoms with E-state index >= 15 is 0 Å². The summed E-state index contributed by atoms with van der Waals surface area (Å²) >= 11 is 0. The molecule has 0 aliphatic carbocycles. The summed E-state index contributed by atoms with van der Waals surface area (Å²) in [6, 6.07) is 8.17. The van der Waals surface area contributed by atoms with Gasteiger partial charge < -0.3 is 15.0 Å². The summed E-state index contributed by atoms with van der Waals surface area (Å²) in [5.41, 5.74) is 2.70. The van der Waals surface area contributed by atoms with E-state index in [1.165, 1.54) is 0 Å². The van der Waals surface area contributed by atoms with Gasteiger partial charge >= 0.3 is 6.09 Å². The van der Waals surface area contributed by atoms with E-state index in [-0.39, 0.29) is 12.2 Å². The number of ether oxygens (including phenoxy) is 1. The third-order valence-corrected chi connectivity index (χ3v) is 4.18. The van der Waals surface area contributed by atoms with Gasteiger partial charge in [0, 0.05) is 19.1 Å². The first-order valence-corrected chi connectivity index (χ1v) is 8.48. The number of hydrogen-bond acceptors (Lipinski definition) is 5. The lowest BCUT2D eigenvalue weighted by Crippen LogP contribution is -2.43. The van der Waals surface area contributed by atoms with Gasteiger partial charge in [0.2, 0.25) is 0 Å². The summed E-state index contributed by atoms with van der Waals surface area (Å²) in [5.74, 6) is 0.830. The van der Waals surface area contributed by atoms with E-state index in [0.29, 0.717) is 19.1 Å². The molecule has 0 atom stereocenters. The number of anilines is 1. The van der Waals surface area contributed by atoms with Crippen LogP contribution in [0.15, 0.2) is 24.3 Å². The van der Waals surface area contributed by atoms with Crippen LogP contribution >= 0.6 is 0 Å². The van der Waals surface area contributed by atoms with Crippen LogP contribution in [0.25, 0.3) is 11.0 Å². The first kappa shape index (κ1) is 16.5. The second-order valence-corrected chi connectivity index (χ2v) is 6.48. The molecule has 0 saturated carbocycles. The Morgan fingerprint density at radius 3 is 2.46 bits per heavy atom. The second kappa shape index (κ2) is 7.03. The second-order valence-electron chi connectivity index (χ2n) is 6.48. The predicted octanol–water partition coefficient (Wildman–Crippen LogP) is 3.36. The SMILES string of the molecule is Cc1nc2ccccc2nc1NC1CCN(C(=O)OC(C)C)CC1. The van der Waals surface area contributed by atoms with Crippen molar-refractivity contribution in [3.05, 3.63) is 30.0 Å². The summed E-state index contributed by atoms with van der Waals surface area (Å²) in [5, 5.41) is 3.49. The third-order valence-electron chi connectivity index (χ3n) is 4.18. The van der Waals surface area contributed by atoms with E-state index in [2.05, 4.69) is 15.3 Å². The molecule has 1 aliphatic heterocycles. The van der Waals surface area contributed by atoms with Crippen LogP contribution in [-0.4, -0.2) is 46.2 Å². The lowest BCUT2D eigenvalue weighted by atomic mass is 10.1. The number of carbonyl (C=O) groups is 1. The Morgan fingerprint density at radius 1 is 1.21 bits per heavy atom. The highest BCUT2D eigenvalue weighted by atomic mass is 16.6. The van der Waals surface area contributed by atoms with Gasteiger partial charge in [-0.25, -0.2) is 14.8 Å². The number of nitrogens with one attached hydrogen (secondary N) is 1. The van der Waals surface area contributed by atoms with E-state index < -0.39 is 0 Å². The van der Waals surface area contributed by atoms with E-state index in [1.807, 2.05) is 45.0 Å². The van der Waals surface area contributed by atoms with Gasteiger partial charge in [0.1, 0.15) is 5.82 Å². The van der Waals surface area contributed by atoms with Gasteiger partial charge in [0.05, 0.1) is 22.8 Å². The highest BCUT2D eigenvalue weighted by molar-refractivity contribution is 5.76. The standard InChI is InChI=1S/C18H24N4O2/c1-12(2)24-18(23)22-10-8-14(9-11-22)20-17-13(3)19-15-6-4-5-7-16(15)21-17/h4-7,12,14H,8-11H2,1-3H3,(H,20,21). The van der Waals surface area contributed by atoms with E-state index in [1.54, 1.807) is 4.90 Å². The van der Waals surface area contributed by atoms with Gasteiger partial charge in [-0.05, 0) is 45.7 Å². The summed E-state index contributed by atoms with van der Waals surface area (Å²) in [4.78, 5) is 23.0. The molecule has 128 valence electrons. The minimum atomic E-state index is -0.217. The molecule has 2 heterocycles. The molecule has 0 unspecified atom stereocenters. The maximum absolute atomic E-state index is 11.9. The maximum atomic E-state index is 11.9. The van der Waals surface area contributed by atoms with E-state index in [4.69, 9.17) is 4.74 Å². The van der Waals surface area contributed by atoms with Crippen LogP contribution < -0.4 is 5.32 Å². The third kappa shape index (κ3) is 3.75. The average Bonchev–Trinajstić information content (AvgIpc) is 2.55. The van der Waals surface area contributed by atoms with Crippen LogP contribution in [0.1, 0.15) is 32.4 Å². The molecule has 0 radical (unpaired) electrons. The quantitative estimate of drug-likeness (QED) is 0.936. The molecular weight excluding hydrogens is 304 g/mol.